The van der Waals surface area contributed by atoms with Crippen molar-refractivity contribution in [1.29, 1.82) is 0 Å². The van der Waals surface area contributed by atoms with Crippen molar-refractivity contribution >= 4 is 15.9 Å². The van der Waals surface area contributed by atoms with E-state index in [2.05, 4.69) is 10.1 Å². The van der Waals surface area contributed by atoms with Gasteiger partial charge in [-0.1, -0.05) is 0 Å². The molecule has 0 radical (unpaired) electrons. The number of hydrogen-bond donors (Lipinski definition) is 0. The minimum atomic E-state index is -3.78. The van der Waals surface area contributed by atoms with Gasteiger partial charge in [0.05, 0.1) is 24.8 Å². The summed E-state index contributed by atoms with van der Waals surface area (Å²) >= 11 is 0. The van der Waals surface area contributed by atoms with Crippen LogP contribution in [0, 0.1) is 12.7 Å². The van der Waals surface area contributed by atoms with E-state index in [4.69, 9.17) is 9.47 Å². The third kappa shape index (κ3) is 4.46. The van der Waals surface area contributed by atoms with Crippen molar-refractivity contribution in [2.24, 2.45) is 0 Å². The van der Waals surface area contributed by atoms with Gasteiger partial charge in [-0.25, -0.2) is 22.5 Å². The SMILES string of the molecule is COc1ccc(S(=O)(=O)N2CCN(C(=O)c3nc(C)n(-c4ccc(F)cc4)n3)CC2)cc1OC. The van der Waals surface area contributed by atoms with Gasteiger partial charge < -0.3 is 14.4 Å². The molecule has 1 saturated heterocycles. The zero-order chi connectivity index (χ0) is 24.5. The van der Waals surface area contributed by atoms with Crippen LogP contribution in [0.1, 0.15) is 16.4 Å². The molecule has 0 atom stereocenters. The summed E-state index contributed by atoms with van der Waals surface area (Å²) in [7, 11) is -0.872. The summed E-state index contributed by atoms with van der Waals surface area (Å²) in [6.07, 6.45) is 0. The van der Waals surface area contributed by atoms with Crippen LogP contribution >= 0.6 is 0 Å². The first kappa shape index (κ1) is 23.6. The number of methoxy groups -OCH3 is 2. The number of benzene rings is 2. The molecule has 4 rings (SSSR count). The maximum absolute atomic E-state index is 13.2. The van der Waals surface area contributed by atoms with Crippen molar-refractivity contribution in [2.45, 2.75) is 11.8 Å². The highest BCUT2D eigenvalue weighted by molar-refractivity contribution is 7.89. The molecule has 0 N–H and O–H groups in total. The van der Waals surface area contributed by atoms with Gasteiger partial charge in [0.15, 0.2) is 11.5 Å². The Morgan fingerprint density at radius 1 is 0.971 bits per heavy atom. The van der Waals surface area contributed by atoms with Crippen LogP contribution in [0.15, 0.2) is 47.4 Å². The summed E-state index contributed by atoms with van der Waals surface area (Å²) < 4.78 is 52.6. The van der Waals surface area contributed by atoms with Crippen LogP contribution in [0.3, 0.4) is 0 Å². The second-order valence-corrected chi connectivity index (χ2v) is 9.52. The Balaban J connectivity index is 1.46. The highest BCUT2D eigenvalue weighted by atomic mass is 32.2. The van der Waals surface area contributed by atoms with Crippen molar-refractivity contribution in [3.8, 4) is 17.2 Å². The Hall–Kier alpha value is -3.51. The number of aromatic nitrogens is 3. The molecule has 0 bridgehead atoms. The Kier molecular flexibility index (Phi) is 6.53. The van der Waals surface area contributed by atoms with Gasteiger partial charge in [-0.15, -0.1) is 5.10 Å². The highest BCUT2D eigenvalue weighted by Gasteiger charge is 2.32. The molecule has 1 aliphatic rings. The summed E-state index contributed by atoms with van der Waals surface area (Å²) in [6.45, 7) is 2.33. The van der Waals surface area contributed by atoms with Gasteiger partial charge >= 0.3 is 0 Å². The molecular formula is C22H24FN5O5S. The summed E-state index contributed by atoms with van der Waals surface area (Å²) in [5.74, 6) is 0.448. The van der Waals surface area contributed by atoms with Gasteiger partial charge in [-0.05, 0) is 43.3 Å². The van der Waals surface area contributed by atoms with Crippen LogP contribution in [0.2, 0.25) is 0 Å². The number of amides is 1. The number of ether oxygens (including phenoxy) is 2. The first-order chi connectivity index (χ1) is 16.2. The lowest BCUT2D eigenvalue weighted by Crippen LogP contribution is -2.50. The molecule has 0 aliphatic carbocycles. The van der Waals surface area contributed by atoms with Gasteiger partial charge in [0.2, 0.25) is 15.8 Å². The van der Waals surface area contributed by atoms with E-state index in [1.807, 2.05) is 0 Å². The molecule has 34 heavy (non-hydrogen) atoms. The fraction of sp³-hybridized carbons (Fsp3) is 0.318. The van der Waals surface area contributed by atoms with Crippen LogP contribution in [-0.2, 0) is 10.0 Å². The molecule has 3 aromatic rings. The van der Waals surface area contributed by atoms with E-state index < -0.39 is 15.9 Å². The number of halogens is 1. The molecule has 0 spiro atoms. The third-order valence-corrected chi connectivity index (χ3v) is 7.44. The van der Waals surface area contributed by atoms with Crippen LogP contribution in [0.4, 0.5) is 4.39 Å². The number of rotatable bonds is 6. The Morgan fingerprint density at radius 3 is 2.24 bits per heavy atom. The van der Waals surface area contributed by atoms with Gasteiger partial charge in [0.1, 0.15) is 11.6 Å². The first-order valence-corrected chi connectivity index (χ1v) is 11.9. The molecule has 1 aromatic heterocycles. The smallest absolute Gasteiger partial charge is 0.293 e. The molecule has 1 aliphatic heterocycles. The molecule has 1 fully saturated rings. The normalized spacial score (nSPS) is 14.8. The number of piperazine rings is 1. The summed E-state index contributed by atoms with van der Waals surface area (Å²) in [5, 5.41) is 4.27. The lowest BCUT2D eigenvalue weighted by Gasteiger charge is -2.33. The van der Waals surface area contributed by atoms with E-state index in [0.29, 0.717) is 23.0 Å². The molecule has 0 saturated carbocycles. The lowest BCUT2D eigenvalue weighted by molar-refractivity contribution is 0.0685. The van der Waals surface area contributed by atoms with Crippen LogP contribution in [0.5, 0.6) is 11.5 Å². The van der Waals surface area contributed by atoms with Crippen molar-refractivity contribution < 1.29 is 27.1 Å². The van der Waals surface area contributed by atoms with E-state index in [1.54, 1.807) is 19.1 Å². The quantitative estimate of drug-likeness (QED) is 0.520. The topological polar surface area (TPSA) is 107 Å². The van der Waals surface area contributed by atoms with Crippen molar-refractivity contribution in [3.63, 3.8) is 0 Å². The van der Waals surface area contributed by atoms with E-state index in [9.17, 15) is 17.6 Å². The molecular weight excluding hydrogens is 465 g/mol. The van der Waals surface area contributed by atoms with Crippen LogP contribution in [-0.4, -0.2) is 78.7 Å². The predicted octanol–water partition coefficient (Wildman–Crippen LogP) is 1.88. The number of aryl methyl sites for hydroxylation is 1. The minimum absolute atomic E-state index is 0.00183. The molecule has 0 unspecified atom stereocenters. The number of sulfonamides is 1. The van der Waals surface area contributed by atoms with E-state index >= 15 is 0 Å². The standard InChI is InChI=1S/C22H24FN5O5S/c1-15-24-21(25-28(15)17-6-4-16(23)5-7-17)22(29)26-10-12-27(13-11-26)34(30,31)18-8-9-19(32-2)20(14-18)33-3/h4-9,14H,10-13H2,1-3H3. The summed E-state index contributed by atoms with van der Waals surface area (Å²) in [4.78, 5) is 18.8. The molecule has 2 heterocycles. The van der Waals surface area contributed by atoms with Crippen molar-refractivity contribution in [3.05, 3.63) is 59.9 Å². The third-order valence-electron chi connectivity index (χ3n) is 5.55. The lowest BCUT2D eigenvalue weighted by atomic mass is 10.3. The van der Waals surface area contributed by atoms with Crippen LogP contribution in [0.25, 0.3) is 5.69 Å². The number of carbonyl (C=O) groups excluding carboxylic acids is 1. The van der Waals surface area contributed by atoms with Crippen molar-refractivity contribution in [1.82, 2.24) is 24.0 Å². The average Bonchev–Trinajstić information content (AvgIpc) is 3.25. The maximum Gasteiger partial charge on any atom is 0.293 e. The van der Waals surface area contributed by atoms with Crippen LogP contribution < -0.4 is 9.47 Å². The number of nitrogens with zero attached hydrogens (tertiary/aromatic N) is 5. The van der Waals surface area contributed by atoms with Gasteiger partial charge in [0.25, 0.3) is 5.91 Å². The first-order valence-electron chi connectivity index (χ1n) is 10.5. The second-order valence-electron chi connectivity index (χ2n) is 7.58. The molecule has 10 nitrogen and oxygen atoms in total. The Bertz CT molecular complexity index is 1300. The van der Waals surface area contributed by atoms with Gasteiger partial charge in [0, 0.05) is 32.2 Å². The molecule has 12 heteroatoms. The number of carbonyl (C=O) groups is 1. The molecule has 1 amide bonds. The Labute approximate surface area is 196 Å². The van der Waals surface area contributed by atoms with Crippen molar-refractivity contribution in [2.75, 3.05) is 40.4 Å². The summed E-state index contributed by atoms with van der Waals surface area (Å²) in [6, 6.07) is 10.1. The molecule has 2 aromatic carbocycles. The van der Waals surface area contributed by atoms with Gasteiger partial charge in [-0.3, -0.25) is 4.79 Å². The van der Waals surface area contributed by atoms with E-state index in [1.165, 1.54) is 58.4 Å². The fourth-order valence-corrected chi connectivity index (χ4v) is 5.14. The molecule has 180 valence electrons. The predicted molar refractivity (Wildman–Crippen MR) is 120 cm³/mol. The Morgan fingerprint density at radius 2 is 1.62 bits per heavy atom. The second kappa shape index (κ2) is 9.39. The zero-order valence-electron chi connectivity index (χ0n) is 18.9. The van der Waals surface area contributed by atoms with Gasteiger partial charge in [-0.2, -0.15) is 4.31 Å². The summed E-state index contributed by atoms with van der Waals surface area (Å²) in [5.41, 5.74) is 0.580. The monoisotopic (exact) mass is 489 g/mol. The maximum atomic E-state index is 13.2. The largest absolute Gasteiger partial charge is 0.493 e. The minimum Gasteiger partial charge on any atom is -0.493 e. The fourth-order valence-electron chi connectivity index (χ4n) is 3.71. The number of hydrogen-bond acceptors (Lipinski definition) is 7. The highest BCUT2D eigenvalue weighted by Crippen LogP contribution is 2.31. The van der Waals surface area contributed by atoms with E-state index in [-0.39, 0.29) is 42.7 Å². The van der Waals surface area contributed by atoms with E-state index in [0.717, 1.165) is 0 Å². The average molecular weight is 490 g/mol. The zero-order valence-corrected chi connectivity index (χ0v) is 19.7.